The van der Waals surface area contributed by atoms with Crippen molar-refractivity contribution in [2.24, 2.45) is 0 Å². The van der Waals surface area contributed by atoms with Gasteiger partial charge in [-0.25, -0.2) is 15.0 Å². The van der Waals surface area contributed by atoms with Crippen LogP contribution in [0.5, 0.6) is 0 Å². The fourth-order valence-corrected chi connectivity index (χ4v) is 1.39. The number of imidazole rings is 1. The third kappa shape index (κ3) is 2.31. The summed E-state index contributed by atoms with van der Waals surface area (Å²) < 4.78 is 0. The molecule has 0 fully saturated rings. The highest BCUT2D eigenvalue weighted by atomic mass is 15.1. The second kappa shape index (κ2) is 4.54. The van der Waals surface area contributed by atoms with Crippen LogP contribution in [-0.4, -0.2) is 19.9 Å². The fourth-order valence-electron chi connectivity index (χ4n) is 1.39. The van der Waals surface area contributed by atoms with Gasteiger partial charge in [0.1, 0.15) is 18.0 Å². The molecule has 0 saturated carbocycles. The SMILES string of the molecule is CCC(Nc1ccncn1)c1ncc[nH]1. The van der Waals surface area contributed by atoms with E-state index in [2.05, 4.69) is 32.2 Å². The minimum atomic E-state index is 0.162. The fraction of sp³-hybridized carbons (Fsp3) is 0.300. The Balaban J connectivity index is 2.10. The molecule has 0 amide bonds. The van der Waals surface area contributed by atoms with Crippen LogP contribution in [0.4, 0.5) is 5.82 Å². The molecule has 78 valence electrons. The number of aromatic amines is 1. The Bertz CT molecular complexity index is 383. The molecule has 2 heterocycles. The number of aromatic nitrogens is 4. The molecule has 0 aliphatic heterocycles. The summed E-state index contributed by atoms with van der Waals surface area (Å²) in [6.45, 7) is 2.10. The van der Waals surface area contributed by atoms with Gasteiger partial charge in [-0.05, 0) is 12.5 Å². The largest absolute Gasteiger partial charge is 0.360 e. The topological polar surface area (TPSA) is 66.5 Å². The number of nitrogens with one attached hydrogen (secondary N) is 2. The van der Waals surface area contributed by atoms with Crippen LogP contribution in [0.1, 0.15) is 25.2 Å². The zero-order chi connectivity index (χ0) is 10.5. The Kier molecular flexibility index (Phi) is 2.92. The second-order valence-corrected chi connectivity index (χ2v) is 3.17. The van der Waals surface area contributed by atoms with E-state index in [9.17, 15) is 0 Å². The molecule has 2 aromatic heterocycles. The summed E-state index contributed by atoms with van der Waals surface area (Å²) in [5, 5.41) is 3.29. The summed E-state index contributed by atoms with van der Waals surface area (Å²) in [6.07, 6.45) is 7.75. The number of hydrogen-bond donors (Lipinski definition) is 2. The van der Waals surface area contributed by atoms with Crippen LogP contribution in [0.3, 0.4) is 0 Å². The number of anilines is 1. The summed E-state index contributed by atoms with van der Waals surface area (Å²) in [4.78, 5) is 15.3. The first-order valence-corrected chi connectivity index (χ1v) is 4.92. The van der Waals surface area contributed by atoms with Crippen molar-refractivity contribution in [3.63, 3.8) is 0 Å². The van der Waals surface area contributed by atoms with Crippen LogP contribution >= 0.6 is 0 Å². The smallest absolute Gasteiger partial charge is 0.129 e. The molecule has 0 saturated heterocycles. The molecule has 2 N–H and O–H groups in total. The molecule has 0 spiro atoms. The van der Waals surface area contributed by atoms with Gasteiger partial charge in [-0.1, -0.05) is 6.92 Å². The molecular formula is C10H13N5. The first-order chi connectivity index (χ1) is 7.40. The number of nitrogens with zero attached hydrogens (tertiary/aromatic N) is 3. The summed E-state index contributed by atoms with van der Waals surface area (Å²) in [6, 6.07) is 2.00. The van der Waals surface area contributed by atoms with Crippen LogP contribution in [-0.2, 0) is 0 Å². The lowest BCUT2D eigenvalue weighted by Gasteiger charge is -2.14. The monoisotopic (exact) mass is 203 g/mol. The van der Waals surface area contributed by atoms with Crippen molar-refractivity contribution >= 4 is 5.82 Å². The summed E-state index contributed by atoms with van der Waals surface area (Å²) in [5.41, 5.74) is 0. The normalized spacial score (nSPS) is 12.3. The molecule has 5 nitrogen and oxygen atoms in total. The predicted molar refractivity (Wildman–Crippen MR) is 57.3 cm³/mol. The van der Waals surface area contributed by atoms with Crippen molar-refractivity contribution in [1.82, 2.24) is 19.9 Å². The molecular weight excluding hydrogens is 190 g/mol. The average molecular weight is 203 g/mol. The summed E-state index contributed by atoms with van der Waals surface area (Å²) in [5.74, 6) is 1.74. The molecule has 5 heteroatoms. The van der Waals surface area contributed by atoms with Crippen LogP contribution in [0.15, 0.2) is 31.0 Å². The quantitative estimate of drug-likeness (QED) is 0.794. The van der Waals surface area contributed by atoms with Gasteiger partial charge in [0.15, 0.2) is 0 Å². The predicted octanol–water partition coefficient (Wildman–Crippen LogP) is 1.76. The minimum Gasteiger partial charge on any atom is -0.360 e. The van der Waals surface area contributed by atoms with E-state index < -0.39 is 0 Å². The molecule has 0 aliphatic rings. The van der Waals surface area contributed by atoms with E-state index in [4.69, 9.17) is 0 Å². The van der Waals surface area contributed by atoms with Crippen LogP contribution in [0.2, 0.25) is 0 Å². The third-order valence-corrected chi connectivity index (χ3v) is 2.16. The van der Waals surface area contributed by atoms with Crippen molar-refractivity contribution in [2.45, 2.75) is 19.4 Å². The highest BCUT2D eigenvalue weighted by molar-refractivity contribution is 5.34. The average Bonchev–Trinajstić information content (AvgIpc) is 2.81. The van der Waals surface area contributed by atoms with Gasteiger partial charge >= 0.3 is 0 Å². The summed E-state index contributed by atoms with van der Waals surface area (Å²) >= 11 is 0. The van der Waals surface area contributed by atoms with E-state index in [-0.39, 0.29) is 6.04 Å². The summed E-state index contributed by atoms with van der Waals surface area (Å²) in [7, 11) is 0. The van der Waals surface area contributed by atoms with Crippen LogP contribution in [0.25, 0.3) is 0 Å². The highest BCUT2D eigenvalue weighted by Crippen LogP contribution is 2.16. The van der Waals surface area contributed by atoms with Gasteiger partial charge in [0.05, 0.1) is 6.04 Å². The molecule has 15 heavy (non-hydrogen) atoms. The Morgan fingerprint density at radius 2 is 2.33 bits per heavy atom. The Labute approximate surface area is 88.0 Å². The minimum absolute atomic E-state index is 0.162. The third-order valence-electron chi connectivity index (χ3n) is 2.16. The van der Waals surface area contributed by atoms with Gasteiger partial charge in [0, 0.05) is 18.6 Å². The molecule has 1 atom stereocenters. The lowest BCUT2D eigenvalue weighted by molar-refractivity contribution is 0.700. The van der Waals surface area contributed by atoms with E-state index in [1.54, 1.807) is 12.4 Å². The molecule has 0 bridgehead atoms. The van der Waals surface area contributed by atoms with Crippen molar-refractivity contribution in [3.05, 3.63) is 36.8 Å². The standard InChI is InChI=1S/C10H13N5/c1-2-8(10-12-5-6-13-10)15-9-3-4-11-7-14-9/h3-8H,2H2,1H3,(H,12,13)(H,11,14,15). The van der Waals surface area contributed by atoms with E-state index in [0.29, 0.717) is 0 Å². The second-order valence-electron chi connectivity index (χ2n) is 3.17. The molecule has 0 aliphatic carbocycles. The number of H-pyrrole nitrogens is 1. The van der Waals surface area contributed by atoms with Gasteiger partial charge in [-0.2, -0.15) is 0 Å². The van der Waals surface area contributed by atoms with Gasteiger partial charge in [-0.15, -0.1) is 0 Å². The molecule has 2 rings (SSSR count). The first-order valence-electron chi connectivity index (χ1n) is 4.92. The van der Waals surface area contributed by atoms with E-state index in [0.717, 1.165) is 18.1 Å². The Hall–Kier alpha value is -1.91. The van der Waals surface area contributed by atoms with Gasteiger partial charge < -0.3 is 10.3 Å². The van der Waals surface area contributed by atoms with Crippen LogP contribution in [0, 0.1) is 0 Å². The molecule has 0 aromatic carbocycles. The number of rotatable bonds is 4. The van der Waals surface area contributed by atoms with Crippen molar-refractivity contribution in [2.75, 3.05) is 5.32 Å². The molecule has 0 radical (unpaired) electrons. The zero-order valence-corrected chi connectivity index (χ0v) is 8.51. The van der Waals surface area contributed by atoms with Crippen molar-refractivity contribution in [1.29, 1.82) is 0 Å². The van der Waals surface area contributed by atoms with Gasteiger partial charge in [0.25, 0.3) is 0 Å². The highest BCUT2D eigenvalue weighted by Gasteiger charge is 2.11. The molecule has 2 aromatic rings. The Morgan fingerprint density at radius 1 is 1.40 bits per heavy atom. The lowest BCUT2D eigenvalue weighted by atomic mass is 10.2. The van der Waals surface area contributed by atoms with Crippen LogP contribution < -0.4 is 5.32 Å². The lowest BCUT2D eigenvalue weighted by Crippen LogP contribution is -2.12. The maximum absolute atomic E-state index is 4.22. The molecule has 1 unspecified atom stereocenters. The first kappa shape index (κ1) is 9.64. The maximum Gasteiger partial charge on any atom is 0.129 e. The van der Waals surface area contributed by atoms with Gasteiger partial charge in [0.2, 0.25) is 0 Å². The van der Waals surface area contributed by atoms with Crippen molar-refractivity contribution in [3.8, 4) is 0 Å². The zero-order valence-electron chi connectivity index (χ0n) is 8.51. The van der Waals surface area contributed by atoms with Gasteiger partial charge in [-0.3, -0.25) is 0 Å². The van der Waals surface area contributed by atoms with E-state index >= 15 is 0 Å². The number of hydrogen-bond acceptors (Lipinski definition) is 4. The van der Waals surface area contributed by atoms with E-state index in [1.807, 2.05) is 12.3 Å². The maximum atomic E-state index is 4.22. The van der Waals surface area contributed by atoms with Crippen molar-refractivity contribution < 1.29 is 0 Å². The Morgan fingerprint density at radius 3 is 2.93 bits per heavy atom. The van der Waals surface area contributed by atoms with E-state index in [1.165, 1.54) is 6.33 Å².